The third kappa shape index (κ3) is 7.33. The highest BCUT2D eigenvalue weighted by molar-refractivity contribution is 7.84. The number of hydrogen-bond donors (Lipinski definition) is 1. The smallest absolute Gasteiger partial charge is 0.418 e. The first-order valence-electron chi connectivity index (χ1n) is 11.6. The first-order chi connectivity index (χ1) is 16.8. The maximum absolute atomic E-state index is 15.9. The van der Waals surface area contributed by atoms with Crippen LogP contribution < -0.4 is 9.46 Å². The molecule has 14 heteroatoms. The third-order valence-electron chi connectivity index (χ3n) is 5.77. The number of likely N-dealkylation sites (tertiary alicyclic amines) is 1. The molecule has 1 fully saturated rings. The minimum Gasteiger partial charge on any atom is -0.494 e. The molecule has 0 radical (unpaired) electrons. The molecule has 1 aliphatic rings. The first-order valence-corrected chi connectivity index (χ1v) is 12.7. The van der Waals surface area contributed by atoms with Crippen LogP contribution in [0.1, 0.15) is 58.4 Å². The van der Waals surface area contributed by atoms with E-state index >= 15 is 8.78 Å². The predicted octanol–water partition coefficient (Wildman–Crippen LogP) is 5.87. The van der Waals surface area contributed by atoms with E-state index in [-0.39, 0.29) is 18.8 Å². The molecule has 1 aromatic carbocycles. The standard InChI is InChI=1S/C23H30F8N2O3S/c1-19(2,3)37(35)32-21(23(29,30)31,22(27,28)18(34)33-13-5-4-6-14-33)16-8-10-17(11-9-16)36-15-7-12-20(24,25)26/h8-11,32H,4-7,12-15H2,1-3H3. The molecule has 0 saturated carbocycles. The van der Waals surface area contributed by atoms with Crippen LogP contribution >= 0.6 is 0 Å². The number of halogens is 8. The Kier molecular flexibility index (Phi) is 9.65. The van der Waals surface area contributed by atoms with Gasteiger partial charge in [-0.15, -0.1) is 0 Å². The lowest BCUT2D eigenvalue weighted by Crippen LogP contribution is -2.70. The number of carbonyl (C=O) groups excluding carboxylic acids is 1. The van der Waals surface area contributed by atoms with Gasteiger partial charge < -0.3 is 9.64 Å². The summed E-state index contributed by atoms with van der Waals surface area (Å²) >= 11 is 0. The van der Waals surface area contributed by atoms with E-state index in [0.717, 1.165) is 12.1 Å². The van der Waals surface area contributed by atoms with Crippen molar-refractivity contribution in [2.45, 2.75) is 81.4 Å². The van der Waals surface area contributed by atoms with Crippen LogP contribution in [0, 0.1) is 0 Å². The number of alkyl halides is 8. The Morgan fingerprint density at radius 1 is 0.946 bits per heavy atom. The fourth-order valence-electron chi connectivity index (χ4n) is 3.72. The molecule has 2 unspecified atom stereocenters. The number of rotatable bonds is 9. The summed E-state index contributed by atoms with van der Waals surface area (Å²) in [5.74, 6) is -7.32. The third-order valence-corrected chi connectivity index (χ3v) is 7.37. The van der Waals surface area contributed by atoms with Gasteiger partial charge in [0.25, 0.3) is 5.91 Å². The monoisotopic (exact) mass is 566 g/mol. The number of carbonyl (C=O) groups is 1. The molecule has 37 heavy (non-hydrogen) atoms. The summed E-state index contributed by atoms with van der Waals surface area (Å²) in [5.41, 5.74) is -5.47. The highest BCUT2D eigenvalue weighted by atomic mass is 32.2. The molecular weight excluding hydrogens is 536 g/mol. The van der Waals surface area contributed by atoms with Gasteiger partial charge in [0.2, 0.25) is 5.54 Å². The summed E-state index contributed by atoms with van der Waals surface area (Å²) in [6, 6.07) is 3.03. The van der Waals surface area contributed by atoms with Gasteiger partial charge in [0, 0.05) is 19.5 Å². The van der Waals surface area contributed by atoms with Crippen molar-refractivity contribution < 1.29 is 48.9 Å². The van der Waals surface area contributed by atoms with Gasteiger partial charge in [0.1, 0.15) is 5.75 Å². The summed E-state index contributed by atoms with van der Waals surface area (Å²) in [4.78, 5) is 13.5. The zero-order valence-electron chi connectivity index (χ0n) is 20.6. The summed E-state index contributed by atoms with van der Waals surface area (Å²) in [5, 5.41) is 0. The lowest BCUT2D eigenvalue weighted by molar-refractivity contribution is -0.262. The van der Waals surface area contributed by atoms with Crippen molar-refractivity contribution >= 4 is 16.9 Å². The number of benzene rings is 1. The number of piperidine rings is 1. The lowest BCUT2D eigenvalue weighted by atomic mass is 9.82. The Balaban J connectivity index is 2.53. The van der Waals surface area contributed by atoms with Crippen molar-refractivity contribution in [3.8, 4) is 5.75 Å². The molecule has 2 rings (SSSR count). The maximum atomic E-state index is 15.9. The van der Waals surface area contributed by atoms with Crippen LogP contribution in [0.2, 0.25) is 0 Å². The Morgan fingerprint density at radius 2 is 1.49 bits per heavy atom. The summed E-state index contributed by atoms with van der Waals surface area (Å²) < 4.78 is 131. The fraction of sp³-hybridized carbons (Fsp3) is 0.696. The number of nitrogens with one attached hydrogen (secondary N) is 1. The van der Waals surface area contributed by atoms with E-state index in [4.69, 9.17) is 4.74 Å². The van der Waals surface area contributed by atoms with Crippen molar-refractivity contribution in [1.29, 1.82) is 0 Å². The van der Waals surface area contributed by atoms with Crippen LogP contribution in [0.5, 0.6) is 5.75 Å². The number of ether oxygens (including phenoxy) is 1. The highest BCUT2D eigenvalue weighted by Crippen LogP contribution is 2.51. The lowest BCUT2D eigenvalue weighted by Gasteiger charge is -2.44. The quantitative estimate of drug-likeness (QED) is 0.301. The summed E-state index contributed by atoms with van der Waals surface area (Å²) in [6.45, 7) is 3.13. The van der Waals surface area contributed by atoms with Gasteiger partial charge in [-0.05, 0) is 64.2 Å². The van der Waals surface area contributed by atoms with Crippen molar-refractivity contribution in [3.63, 3.8) is 0 Å². The van der Waals surface area contributed by atoms with E-state index in [1.165, 1.54) is 20.8 Å². The Bertz CT molecular complexity index is 939. The Hall–Kier alpha value is -1.96. The zero-order chi connectivity index (χ0) is 28.3. The van der Waals surface area contributed by atoms with Gasteiger partial charge in [-0.2, -0.15) is 35.1 Å². The average Bonchev–Trinajstić information content (AvgIpc) is 2.78. The predicted molar refractivity (Wildman–Crippen MR) is 121 cm³/mol. The second kappa shape index (κ2) is 11.4. The average molecular weight is 567 g/mol. The van der Waals surface area contributed by atoms with Crippen LogP contribution in [0.25, 0.3) is 0 Å². The molecule has 5 nitrogen and oxygen atoms in total. The van der Waals surface area contributed by atoms with E-state index in [0.29, 0.717) is 36.3 Å². The molecule has 1 aromatic rings. The van der Waals surface area contributed by atoms with Gasteiger partial charge in [-0.3, -0.25) is 4.79 Å². The van der Waals surface area contributed by atoms with E-state index in [1.54, 1.807) is 4.72 Å². The number of amides is 1. The molecular formula is C23H30F8N2O3S. The van der Waals surface area contributed by atoms with E-state index in [2.05, 4.69) is 0 Å². The van der Waals surface area contributed by atoms with Crippen molar-refractivity contribution in [3.05, 3.63) is 29.8 Å². The minimum atomic E-state index is -5.81. The number of nitrogens with zero attached hydrogens (tertiary/aromatic N) is 1. The molecule has 1 aliphatic heterocycles. The molecule has 0 aromatic heterocycles. The molecule has 0 spiro atoms. The SMILES string of the molecule is CC(C)(C)S(=O)NC(c1ccc(OCCCC(F)(F)F)cc1)(C(F)(F)F)C(F)(F)C(=O)N1CCCCC1. The van der Waals surface area contributed by atoms with Gasteiger partial charge >= 0.3 is 18.3 Å². The van der Waals surface area contributed by atoms with E-state index < -0.39 is 70.5 Å². The molecule has 0 aliphatic carbocycles. The van der Waals surface area contributed by atoms with E-state index in [1.807, 2.05) is 0 Å². The molecule has 1 saturated heterocycles. The van der Waals surface area contributed by atoms with Crippen molar-refractivity contribution in [2.75, 3.05) is 19.7 Å². The second-order valence-corrected chi connectivity index (χ2v) is 11.7. The normalized spacial score (nSPS) is 18.3. The Morgan fingerprint density at radius 3 is 1.95 bits per heavy atom. The van der Waals surface area contributed by atoms with Crippen LogP contribution in [-0.2, 0) is 21.3 Å². The molecule has 1 heterocycles. The first kappa shape index (κ1) is 31.3. The summed E-state index contributed by atoms with van der Waals surface area (Å²) in [7, 11) is -2.70. The fourth-order valence-corrected chi connectivity index (χ4v) is 4.66. The van der Waals surface area contributed by atoms with Crippen LogP contribution in [0.4, 0.5) is 35.1 Å². The van der Waals surface area contributed by atoms with Gasteiger partial charge in [0.15, 0.2) is 0 Å². The Labute approximate surface area is 212 Å². The van der Waals surface area contributed by atoms with Gasteiger partial charge in [-0.1, -0.05) is 12.1 Å². The van der Waals surface area contributed by atoms with Gasteiger partial charge in [-0.25, -0.2) is 8.93 Å². The van der Waals surface area contributed by atoms with Crippen molar-refractivity contribution in [2.24, 2.45) is 0 Å². The zero-order valence-corrected chi connectivity index (χ0v) is 21.4. The minimum absolute atomic E-state index is 0.143. The van der Waals surface area contributed by atoms with Crippen LogP contribution in [-0.4, -0.2) is 57.7 Å². The molecule has 2 atom stereocenters. The second-order valence-electron chi connectivity index (χ2n) is 9.75. The maximum Gasteiger partial charge on any atom is 0.418 e. The molecule has 212 valence electrons. The molecule has 1 amide bonds. The van der Waals surface area contributed by atoms with Crippen molar-refractivity contribution in [1.82, 2.24) is 9.62 Å². The largest absolute Gasteiger partial charge is 0.494 e. The molecule has 0 bridgehead atoms. The van der Waals surface area contributed by atoms with Gasteiger partial charge in [0.05, 0.1) is 22.3 Å². The summed E-state index contributed by atoms with van der Waals surface area (Å²) in [6.07, 6.45) is -10.5. The number of hydrogen-bond acceptors (Lipinski definition) is 3. The van der Waals surface area contributed by atoms with E-state index in [9.17, 15) is 35.3 Å². The topological polar surface area (TPSA) is 58.6 Å². The van der Waals surface area contributed by atoms with Crippen LogP contribution in [0.3, 0.4) is 0 Å². The molecule has 1 N–H and O–H groups in total. The van der Waals surface area contributed by atoms with Crippen LogP contribution in [0.15, 0.2) is 24.3 Å². The highest BCUT2D eigenvalue weighted by Gasteiger charge is 2.75.